The number of carbonyl (C=O) groups is 1. The summed E-state index contributed by atoms with van der Waals surface area (Å²) in [6.45, 7) is 1.88. The van der Waals surface area contributed by atoms with E-state index in [0.29, 0.717) is 28.2 Å². The van der Waals surface area contributed by atoms with Crippen molar-refractivity contribution < 1.29 is 4.79 Å². The van der Waals surface area contributed by atoms with Crippen LogP contribution in [0.4, 0.5) is 17.5 Å². The smallest absolute Gasteiger partial charge is 0.251 e. The van der Waals surface area contributed by atoms with Crippen LogP contribution in [0.25, 0.3) is 11.2 Å². The molecule has 8 nitrogen and oxygen atoms in total. The average Bonchev–Trinajstić information content (AvgIpc) is 2.82. The maximum absolute atomic E-state index is 11.7. The first-order chi connectivity index (χ1) is 11.0. The van der Waals surface area contributed by atoms with Gasteiger partial charge >= 0.3 is 0 Å². The van der Waals surface area contributed by atoms with Crippen LogP contribution in [0.15, 0.2) is 24.3 Å². The summed E-state index contributed by atoms with van der Waals surface area (Å²) in [5, 5.41) is 5.75. The van der Waals surface area contributed by atoms with Gasteiger partial charge in [0.2, 0.25) is 5.95 Å². The third kappa shape index (κ3) is 2.66. The second-order valence-corrected chi connectivity index (χ2v) is 5.11. The molecule has 118 valence electrons. The number of hydrogen-bond acceptors (Lipinski definition) is 6. The fourth-order valence-corrected chi connectivity index (χ4v) is 2.29. The molecule has 3 rings (SSSR count). The number of amides is 1. The molecular formula is C15H17N7O. The lowest BCUT2D eigenvalue weighted by atomic mass is 10.2. The van der Waals surface area contributed by atoms with Gasteiger partial charge in [-0.05, 0) is 25.1 Å². The van der Waals surface area contributed by atoms with Gasteiger partial charge in [-0.2, -0.15) is 9.97 Å². The summed E-state index contributed by atoms with van der Waals surface area (Å²) >= 11 is 0. The van der Waals surface area contributed by atoms with Crippen molar-refractivity contribution in [3.8, 4) is 0 Å². The zero-order valence-corrected chi connectivity index (χ0v) is 13.1. The van der Waals surface area contributed by atoms with Gasteiger partial charge in [-0.25, -0.2) is 4.98 Å². The van der Waals surface area contributed by atoms with E-state index in [4.69, 9.17) is 5.73 Å². The number of imidazole rings is 1. The molecule has 23 heavy (non-hydrogen) atoms. The highest BCUT2D eigenvalue weighted by molar-refractivity contribution is 5.95. The van der Waals surface area contributed by atoms with Crippen LogP contribution in [0, 0.1) is 6.92 Å². The SMILES string of the molecule is CNC(=O)c1cccc(Nc2nc(N)nc3c2nc(C)n3C)c1. The number of benzene rings is 1. The van der Waals surface area contributed by atoms with E-state index in [-0.39, 0.29) is 11.9 Å². The van der Waals surface area contributed by atoms with E-state index in [0.717, 1.165) is 5.82 Å². The lowest BCUT2D eigenvalue weighted by Crippen LogP contribution is -2.17. The van der Waals surface area contributed by atoms with E-state index in [1.165, 1.54) is 0 Å². The molecule has 3 aromatic rings. The summed E-state index contributed by atoms with van der Waals surface area (Å²) in [5.41, 5.74) is 8.34. The number of aryl methyl sites for hydroxylation is 2. The fourth-order valence-electron chi connectivity index (χ4n) is 2.29. The summed E-state index contributed by atoms with van der Waals surface area (Å²) in [7, 11) is 3.46. The quantitative estimate of drug-likeness (QED) is 0.673. The van der Waals surface area contributed by atoms with Gasteiger partial charge in [-0.1, -0.05) is 6.07 Å². The molecule has 0 fully saturated rings. The van der Waals surface area contributed by atoms with Crippen molar-refractivity contribution >= 4 is 34.5 Å². The molecule has 0 saturated heterocycles. The first-order valence-corrected chi connectivity index (χ1v) is 7.05. The Morgan fingerprint density at radius 1 is 1.26 bits per heavy atom. The van der Waals surface area contributed by atoms with Gasteiger partial charge in [0, 0.05) is 25.3 Å². The van der Waals surface area contributed by atoms with Gasteiger partial charge in [0.05, 0.1) is 0 Å². The number of nitrogens with two attached hydrogens (primary N) is 1. The van der Waals surface area contributed by atoms with Gasteiger partial charge in [0.1, 0.15) is 5.82 Å². The van der Waals surface area contributed by atoms with Gasteiger partial charge < -0.3 is 20.9 Å². The molecule has 4 N–H and O–H groups in total. The Bertz CT molecular complexity index is 900. The molecule has 0 unspecified atom stereocenters. The lowest BCUT2D eigenvalue weighted by molar-refractivity contribution is 0.0963. The summed E-state index contributed by atoms with van der Waals surface area (Å²) in [6, 6.07) is 7.10. The normalized spacial score (nSPS) is 10.7. The van der Waals surface area contributed by atoms with Crippen LogP contribution in [-0.4, -0.2) is 32.5 Å². The molecule has 0 saturated carbocycles. The highest BCUT2D eigenvalue weighted by Gasteiger charge is 2.14. The van der Waals surface area contributed by atoms with Crippen LogP contribution in [0.1, 0.15) is 16.2 Å². The standard InChI is InChI=1S/C15H17N7O/c1-8-18-11-12(20-15(16)21-13(11)22(8)3)19-10-6-4-5-9(7-10)14(23)17-2/h4-7H,1-3H3,(H,17,23)(H3,16,19,20,21). The summed E-state index contributed by atoms with van der Waals surface area (Å²) in [4.78, 5) is 24.6. The number of fused-ring (bicyclic) bond motifs is 1. The van der Waals surface area contributed by atoms with E-state index >= 15 is 0 Å². The van der Waals surface area contributed by atoms with Crippen LogP contribution in [0.3, 0.4) is 0 Å². The summed E-state index contributed by atoms with van der Waals surface area (Å²) in [6.07, 6.45) is 0. The topological polar surface area (TPSA) is 111 Å². The zero-order chi connectivity index (χ0) is 16.6. The lowest BCUT2D eigenvalue weighted by Gasteiger charge is -2.08. The molecule has 0 aliphatic rings. The Morgan fingerprint density at radius 3 is 2.78 bits per heavy atom. The molecule has 0 atom stereocenters. The average molecular weight is 311 g/mol. The van der Waals surface area contributed by atoms with Crippen molar-refractivity contribution in [2.75, 3.05) is 18.1 Å². The van der Waals surface area contributed by atoms with E-state index in [2.05, 4.69) is 25.6 Å². The van der Waals surface area contributed by atoms with Gasteiger partial charge in [0.25, 0.3) is 5.91 Å². The monoisotopic (exact) mass is 311 g/mol. The Balaban J connectivity index is 2.05. The minimum Gasteiger partial charge on any atom is -0.368 e. The third-order valence-electron chi connectivity index (χ3n) is 3.57. The molecule has 1 amide bonds. The number of nitrogen functional groups attached to an aromatic ring is 1. The molecule has 0 aliphatic carbocycles. The number of aromatic nitrogens is 4. The van der Waals surface area contributed by atoms with Crippen molar-refractivity contribution in [2.45, 2.75) is 6.92 Å². The second-order valence-electron chi connectivity index (χ2n) is 5.11. The molecule has 0 aliphatic heterocycles. The Kier molecular flexibility index (Phi) is 3.57. The maximum Gasteiger partial charge on any atom is 0.251 e. The highest BCUT2D eigenvalue weighted by atomic mass is 16.1. The van der Waals surface area contributed by atoms with Crippen LogP contribution < -0.4 is 16.4 Å². The van der Waals surface area contributed by atoms with E-state index in [9.17, 15) is 4.79 Å². The van der Waals surface area contributed by atoms with Crippen LogP contribution in [0.5, 0.6) is 0 Å². The minimum absolute atomic E-state index is 0.158. The molecule has 0 spiro atoms. The van der Waals surface area contributed by atoms with Gasteiger partial charge in [0.15, 0.2) is 17.0 Å². The van der Waals surface area contributed by atoms with Crippen LogP contribution in [0.2, 0.25) is 0 Å². The fraction of sp³-hybridized carbons (Fsp3) is 0.200. The summed E-state index contributed by atoms with van der Waals surface area (Å²) < 4.78 is 1.85. The number of nitrogens with zero attached hydrogens (tertiary/aromatic N) is 4. The van der Waals surface area contributed by atoms with Crippen LogP contribution >= 0.6 is 0 Å². The Morgan fingerprint density at radius 2 is 2.04 bits per heavy atom. The van der Waals surface area contributed by atoms with Crippen molar-refractivity contribution in [3.05, 3.63) is 35.7 Å². The molecule has 1 aromatic carbocycles. The number of nitrogens with one attached hydrogen (secondary N) is 2. The van der Waals surface area contributed by atoms with Gasteiger partial charge in [-0.3, -0.25) is 4.79 Å². The Hall–Kier alpha value is -3.16. The van der Waals surface area contributed by atoms with Gasteiger partial charge in [-0.15, -0.1) is 0 Å². The van der Waals surface area contributed by atoms with Crippen molar-refractivity contribution in [1.29, 1.82) is 0 Å². The number of carbonyl (C=O) groups excluding carboxylic acids is 1. The number of hydrogen-bond donors (Lipinski definition) is 3. The minimum atomic E-state index is -0.158. The number of anilines is 3. The maximum atomic E-state index is 11.7. The molecular weight excluding hydrogens is 294 g/mol. The molecule has 2 heterocycles. The Labute approximate surface area is 132 Å². The first-order valence-electron chi connectivity index (χ1n) is 7.05. The molecule has 0 radical (unpaired) electrons. The molecule has 8 heteroatoms. The molecule has 2 aromatic heterocycles. The van der Waals surface area contributed by atoms with Crippen molar-refractivity contribution in [1.82, 2.24) is 24.8 Å². The predicted octanol–water partition coefficient (Wildman–Crippen LogP) is 1.36. The largest absolute Gasteiger partial charge is 0.368 e. The number of rotatable bonds is 3. The molecule has 0 bridgehead atoms. The highest BCUT2D eigenvalue weighted by Crippen LogP contribution is 2.24. The second kappa shape index (κ2) is 5.56. The van der Waals surface area contributed by atoms with Crippen molar-refractivity contribution in [3.63, 3.8) is 0 Å². The summed E-state index contributed by atoms with van der Waals surface area (Å²) in [5.74, 6) is 1.31. The third-order valence-corrected chi connectivity index (χ3v) is 3.57. The van der Waals surface area contributed by atoms with E-state index < -0.39 is 0 Å². The zero-order valence-electron chi connectivity index (χ0n) is 13.1. The van der Waals surface area contributed by atoms with Crippen molar-refractivity contribution in [2.24, 2.45) is 7.05 Å². The van der Waals surface area contributed by atoms with E-state index in [1.807, 2.05) is 24.6 Å². The predicted molar refractivity (Wildman–Crippen MR) is 88.6 cm³/mol. The van der Waals surface area contributed by atoms with E-state index in [1.54, 1.807) is 25.2 Å². The van der Waals surface area contributed by atoms with Crippen LogP contribution in [-0.2, 0) is 7.05 Å². The first kappa shape index (κ1) is 14.8.